The van der Waals surface area contributed by atoms with E-state index < -0.39 is 5.97 Å². The number of rotatable bonds is 5. The lowest BCUT2D eigenvalue weighted by atomic mass is 10.1. The molecule has 0 spiro atoms. The van der Waals surface area contributed by atoms with Gasteiger partial charge in [-0.15, -0.1) is 11.3 Å². The Labute approximate surface area is 132 Å². The van der Waals surface area contributed by atoms with Gasteiger partial charge in [0, 0.05) is 18.0 Å². The molecular weight excluding hydrogens is 308 g/mol. The SMILES string of the molecule is Cc1ncsc1CN(C)c1c(Cl)cccc1/C=C/C(=O)O. The van der Waals surface area contributed by atoms with Crippen LogP contribution in [0.4, 0.5) is 5.69 Å². The molecule has 1 heterocycles. The van der Waals surface area contributed by atoms with Crippen molar-refractivity contribution in [1.29, 1.82) is 0 Å². The molecule has 4 nitrogen and oxygen atoms in total. The van der Waals surface area contributed by atoms with Gasteiger partial charge in [-0.3, -0.25) is 0 Å². The molecule has 1 N–H and O–H groups in total. The summed E-state index contributed by atoms with van der Waals surface area (Å²) in [6.07, 6.45) is 2.67. The summed E-state index contributed by atoms with van der Waals surface area (Å²) >= 11 is 7.88. The Balaban J connectivity index is 2.33. The van der Waals surface area contributed by atoms with Crippen LogP contribution in [0.5, 0.6) is 0 Å². The van der Waals surface area contributed by atoms with Crippen LogP contribution in [-0.2, 0) is 11.3 Å². The molecule has 0 amide bonds. The lowest BCUT2D eigenvalue weighted by Crippen LogP contribution is -2.17. The number of aryl methyl sites for hydroxylation is 1. The van der Waals surface area contributed by atoms with Crippen LogP contribution in [0.2, 0.25) is 5.02 Å². The van der Waals surface area contributed by atoms with Crippen molar-refractivity contribution in [3.8, 4) is 0 Å². The highest BCUT2D eigenvalue weighted by molar-refractivity contribution is 7.09. The van der Waals surface area contributed by atoms with Crippen LogP contribution in [0.1, 0.15) is 16.1 Å². The summed E-state index contributed by atoms with van der Waals surface area (Å²) in [5.74, 6) is -0.984. The average molecular weight is 323 g/mol. The van der Waals surface area contributed by atoms with Crippen molar-refractivity contribution in [3.63, 3.8) is 0 Å². The van der Waals surface area contributed by atoms with Crippen molar-refractivity contribution < 1.29 is 9.90 Å². The van der Waals surface area contributed by atoms with E-state index in [1.165, 1.54) is 0 Å². The van der Waals surface area contributed by atoms with Crippen LogP contribution < -0.4 is 4.90 Å². The van der Waals surface area contributed by atoms with Crippen molar-refractivity contribution in [2.45, 2.75) is 13.5 Å². The number of carboxylic acids is 1. The van der Waals surface area contributed by atoms with E-state index in [0.717, 1.165) is 27.9 Å². The third kappa shape index (κ3) is 3.83. The average Bonchev–Trinajstić information content (AvgIpc) is 2.81. The molecule has 0 saturated heterocycles. The second kappa shape index (κ2) is 6.74. The Kier molecular flexibility index (Phi) is 4.98. The zero-order valence-electron chi connectivity index (χ0n) is 11.7. The van der Waals surface area contributed by atoms with Gasteiger partial charge in [-0.2, -0.15) is 0 Å². The Morgan fingerprint density at radius 1 is 1.52 bits per heavy atom. The molecule has 0 unspecified atom stereocenters. The largest absolute Gasteiger partial charge is 0.478 e. The molecule has 0 saturated carbocycles. The van der Waals surface area contributed by atoms with E-state index in [1.54, 1.807) is 29.5 Å². The summed E-state index contributed by atoms with van der Waals surface area (Å²) in [5, 5.41) is 9.37. The van der Waals surface area contributed by atoms with E-state index in [0.29, 0.717) is 11.6 Å². The van der Waals surface area contributed by atoms with Gasteiger partial charge < -0.3 is 10.0 Å². The molecule has 2 rings (SSSR count). The van der Waals surface area contributed by atoms with Gasteiger partial charge in [-0.25, -0.2) is 9.78 Å². The molecule has 6 heteroatoms. The van der Waals surface area contributed by atoms with E-state index in [1.807, 2.05) is 30.4 Å². The highest BCUT2D eigenvalue weighted by atomic mass is 35.5. The smallest absolute Gasteiger partial charge is 0.328 e. The normalized spacial score (nSPS) is 11.0. The minimum absolute atomic E-state index is 0.590. The van der Waals surface area contributed by atoms with Crippen molar-refractivity contribution in [3.05, 3.63) is 50.9 Å². The van der Waals surface area contributed by atoms with Crippen molar-refractivity contribution in [2.24, 2.45) is 0 Å². The lowest BCUT2D eigenvalue weighted by Gasteiger charge is -2.22. The summed E-state index contributed by atoms with van der Waals surface area (Å²) in [4.78, 5) is 18.1. The molecule has 0 atom stereocenters. The zero-order valence-corrected chi connectivity index (χ0v) is 13.3. The molecule has 0 aliphatic rings. The van der Waals surface area contributed by atoms with Crippen LogP contribution in [-0.4, -0.2) is 23.1 Å². The minimum Gasteiger partial charge on any atom is -0.478 e. The summed E-state index contributed by atoms with van der Waals surface area (Å²) < 4.78 is 0. The molecule has 0 fully saturated rings. The molecule has 110 valence electrons. The summed E-state index contributed by atoms with van der Waals surface area (Å²) in [6, 6.07) is 5.45. The number of carboxylic acid groups (broad SMARTS) is 1. The first-order valence-corrected chi connectivity index (χ1v) is 7.54. The van der Waals surface area contributed by atoms with Gasteiger partial charge in [-0.05, 0) is 24.6 Å². The highest BCUT2D eigenvalue weighted by Gasteiger charge is 2.13. The maximum atomic E-state index is 10.7. The van der Waals surface area contributed by atoms with Gasteiger partial charge in [-0.1, -0.05) is 23.7 Å². The molecule has 1 aromatic heterocycles. The lowest BCUT2D eigenvalue weighted by molar-refractivity contribution is -0.131. The standard InChI is InChI=1S/C15H15ClN2O2S/c1-10-13(21-9-17-10)8-18(2)15-11(6-7-14(19)20)4-3-5-12(15)16/h3-7,9H,8H2,1-2H3,(H,19,20)/b7-6+. The van der Waals surface area contributed by atoms with Gasteiger partial charge in [0.25, 0.3) is 0 Å². The first kappa shape index (κ1) is 15.5. The molecule has 0 aliphatic heterocycles. The monoisotopic (exact) mass is 322 g/mol. The highest BCUT2D eigenvalue weighted by Crippen LogP contribution is 2.31. The predicted octanol–water partition coefficient (Wildman–Crippen LogP) is 3.84. The van der Waals surface area contributed by atoms with Crippen molar-refractivity contribution in [1.82, 2.24) is 4.98 Å². The van der Waals surface area contributed by atoms with Gasteiger partial charge in [0.15, 0.2) is 0 Å². The maximum absolute atomic E-state index is 10.7. The number of hydrogen-bond donors (Lipinski definition) is 1. The number of anilines is 1. The predicted molar refractivity (Wildman–Crippen MR) is 87.1 cm³/mol. The van der Waals surface area contributed by atoms with Crippen LogP contribution in [0.3, 0.4) is 0 Å². The van der Waals surface area contributed by atoms with Crippen LogP contribution in [0.15, 0.2) is 29.8 Å². The Morgan fingerprint density at radius 2 is 2.29 bits per heavy atom. The number of nitrogens with zero attached hydrogens (tertiary/aromatic N) is 2. The molecule has 1 aromatic carbocycles. The maximum Gasteiger partial charge on any atom is 0.328 e. The number of benzene rings is 1. The molecular formula is C15H15ClN2O2S. The van der Waals surface area contributed by atoms with E-state index in [-0.39, 0.29) is 0 Å². The second-order valence-electron chi connectivity index (χ2n) is 4.57. The molecule has 0 radical (unpaired) electrons. The number of hydrogen-bond acceptors (Lipinski definition) is 4. The number of halogens is 1. The fraction of sp³-hybridized carbons (Fsp3) is 0.200. The molecule has 21 heavy (non-hydrogen) atoms. The number of aromatic nitrogens is 1. The minimum atomic E-state index is -0.984. The fourth-order valence-electron chi connectivity index (χ4n) is 2.00. The van der Waals surface area contributed by atoms with Gasteiger partial charge in [0.05, 0.1) is 28.5 Å². The Bertz CT molecular complexity index is 682. The Morgan fingerprint density at radius 3 is 2.90 bits per heavy atom. The van der Waals surface area contributed by atoms with Crippen molar-refractivity contribution >= 4 is 40.7 Å². The number of aliphatic carboxylic acids is 1. The molecule has 0 bridgehead atoms. The third-order valence-corrected chi connectivity index (χ3v) is 4.26. The van der Waals surface area contributed by atoms with Gasteiger partial charge in [0.1, 0.15) is 0 Å². The Hall–Kier alpha value is -1.85. The van der Waals surface area contributed by atoms with Gasteiger partial charge in [0.2, 0.25) is 0 Å². The zero-order chi connectivity index (χ0) is 15.4. The second-order valence-corrected chi connectivity index (χ2v) is 5.91. The number of carbonyl (C=O) groups is 1. The van der Waals surface area contributed by atoms with Crippen LogP contribution in [0, 0.1) is 6.92 Å². The van der Waals surface area contributed by atoms with Crippen molar-refractivity contribution in [2.75, 3.05) is 11.9 Å². The summed E-state index contributed by atoms with van der Waals surface area (Å²) in [6.45, 7) is 2.64. The fourth-order valence-corrected chi connectivity index (χ4v) is 3.16. The number of para-hydroxylation sites is 1. The van der Waals surface area contributed by atoms with Crippen LogP contribution >= 0.6 is 22.9 Å². The van der Waals surface area contributed by atoms with Gasteiger partial charge >= 0.3 is 5.97 Å². The number of thiazole rings is 1. The van der Waals surface area contributed by atoms with E-state index in [9.17, 15) is 4.79 Å². The van der Waals surface area contributed by atoms with E-state index >= 15 is 0 Å². The molecule has 2 aromatic rings. The third-order valence-electron chi connectivity index (χ3n) is 3.03. The summed E-state index contributed by atoms with van der Waals surface area (Å²) in [7, 11) is 1.93. The topological polar surface area (TPSA) is 53.4 Å². The first-order chi connectivity index (χ1) is 9.99. The van der Waals surface area contributed by atoms with E-state index in [4.69, 9.17) is 16.7 Å². The summed E-state index contributed by atoms with van der Waals surface area (Å²) in [5.41, 5.74) is 4.40. The molecule has 0 aliphatic carbocycles. The van der Waals surface area contributed by atoms with E-state index in [2.05, 4.69) is 4.98 Å². The quantitative estimate of drug-likeness (QED) is 0.850. The van der Waals surface area contributed by atoms with Crippen LogP contribution in [0.25, 0.3) is 6.08 Å². The first-order valence-electron chi connectivity index (χ1n) is 6.28.